The molecule has 0 atom stereocenters. The Balaban J connectivity index is 1.75. The molecule has 9 heteroatoms. The Hall–Kier alpha value is -5.31. The van der Waals surface area contributed by atoms with Crippen LogP contribution in [0.2, 0.25) is 0 Å². The quantitative estimate of drug-likeness (QED) is 0.241. The van der Waals surface area contributed by atoms with Gasteiger partial charge in [-0.15, -0.1) is 0 Å². The van der Waals surface area contributed by atoms with E-state index in [0.717, 1.165) is 11.1 Å². The number of benzene rings is 2. The number of aromatic amines is 1. The predicted octanol–water partition coefficient (Wildman–Crippen LogP) is 4.08. The smallest absolute Gasteiger partial charge is 0.305 e. The Bertz CT molecular complexity index is 1670. The number of aromatic hydroxyl groups is 1. The third-order valence-electron chi connectivity index (χ3n) is 6.36. The van der Waals surface area contributed by atoms with Gasteiger partial charge in [0.15, 0.2) is 11.4 Å². The van der Waals surface area contributed by atoms with Crippen molar-refractivity contribution in [2.24, 2.45) is 0 Å². The van der Waals surface area contributed by atoms with Crippen molar-refractivity contribution in [2.45, 2.75) is 12.3 Å². The van der Waals surface area contributed by atoms with Crippen LogP contribution in [0.1, 0.15) is 39.5 Å². The molecule has 0 unspecified atom stereocenters. The van der Waals surface area contributed by atoms with Crippen LogP contribution >= 0.6 is 0 Å². The van der Waals surface area contributed by atoms with Crippen molar-refractivity contribution in [3.8, 4) is 17.0 Å². The molecule has 4 N–H and O–H groups in total. The zero-order valence-corrected chi connectivity index (χ0v) is 20.7. The van der Waals surface area contributed by atoms with Crippen LogP contribution < -0.4 is 10.9 Å². The summed E-state index contributed by atoms with van der Waals surface area (Å²) in [7, 11) is 0. The fourth-order valence-electron chi connectivity index (χ4n) is 4.56. The lowest BCUT2D eigenvalue weighted by molar-refractivity contribution is -0.136. The van der Waals surface area contributed by atoms with Gasteiger partial charge in [0.05, 0.1) is 17.6 Å². The topological polar surface area (TPSA) is 145 Å². The average Bonchev–Trinajstić information content (AvgIpc) is 2.95. The molecule has 0 bridgehead atoms. The largest absolute Gasteiger partial charge is 0.505 e. The van der Waals surface area contributed by atoms with Gasteiger partial charge in [-0.05, 0) is 29.3 Å². The average molecular weight is 521 g/mol. The number of hydrogen-bond acceptors (Lipinski definition) is 6. The van der Waals surface area contributed by atoms with Gasteiger partial charge in [0, 0.05) is 41.4 Å². The normalized spacial score (nSPS) is 11.0. The van der Waals surface area contributed by atoms with E-state index in [0.29, 0.717) is 11.1 Å². The minimum Gasteiger partial charge on any atom is -0.505 e. The summed E-state index contributed by atoms with van der Waals surface area (Å²) in [6.45, 7) is -0.142. The zero-order chi connectivity index (χ0) is 27.4. The van der Waals surface area contributed by atoms with E-state index in [-0.39, 0.29) is 40.8 Å². The van der Waals surface area contributed by atoms with E-state index in [1.807, 2.05) is 60.7 Å². The summed E-state index contributed by atoms with van der Waals surface area (Å²) in [5, 5.41) is 22.9. The number of pyridine rings is 3. The standard InChI is InChI=1S/C30H24N4O5/c35-23(36)13-15-32-30(39)27-28(37)22-16-21(24(18-8-3-1-4-9-18)19-10-5-2-6-11-19)29(38)34-26(22)25(33-27)20-12-7-14-31-17-20/h1-12,14,16-17,24,37H,13,15H2,(H,32,39)(H,34,38)(H,35,36). The molecule has 1 amide bonds. The van der Waals surface area contributed by atoms with Crippen molar-refractivity contribution in [3.05, 3.63) is 124 Å². The molecular formula is C30H24N4O5. The highest BCUT2D eigenvalue weighted by molar-refractivity contribution is 6.05. The molecule has 194 valence electrons. The number of fused-ring (bicyclic) bond motifs is 1. The number of carbonyl (C=O) groups excluding carboxylic acids is 1. The zero-order valence-electron chi connectivity index (χ0n) is 20.7. The second kappa shape index (κ2) is 11.0. The highest BCUT2D eigenvalue weighted by Crippen LogP contribution is 2.36. The number of amides is 1. The Labute approximate surface area is 222 Å². The van der Waals surface area contributed by atoms with Gasteiger partial charge in [-0.3, -0.25) is 19.4 Å². The van der Waals surface area contributed by atoms with Crippen molar-refractivity contribution in [1.82, 2.24) is 20.3 Å². The van der Waals surface area contributed by atoms with Gasteiger partial charge in [-0.2, -0.15) is 0 Å². The number of aromatic nitrogens is 3. The molecule has 0 fully saturated rings. The molecule has 0 aliphatic rings. The SMILES string of the molecule is O=C(O)CCNC(=O)c1nc(-c2cccnc2)c2[nH]c(=O)c(C(c3ccccc3)c3ccccc3)cc2c1O. The molecule has 0 spiro atoms. The van der Waals surface area contributed by atoms with E-state index >= 15 is 0 Å². The van der Waals surface area contributed by atoms with Gasteiger partial charge in [0.2, 0.25) is 0 Å². The van der Waals surface area contributed by atoms with Gasteiger partial charge in [-0.25, -0.2) is 4.98 Å². The summed E-state index contributed by atoms with van der Waals surface area (Å²) < 4.78 is 0. The van der Waals surface area contributed by atoms with E-state index in [1.54, 1.807) is 24.4 Å². The van der Waals surface area contributed by atoms with Crippen LogP contribution in [0.5, 0.6) is 5.75 Å². The monoisotopic (exact) mass is 520 g/mol. The highest BCUT2D eigenvalue weighted by Gasteiger charge is 2.25. The first-order valence-electron chi connectivity index (χ1n) is 12.2. The number of H-pyrrole nitrogens is 1. The van der Waals surface area contributed by atoms with Crippen molar-refractivity contribution in [3.63, 3.8) is 0 Å². The van der Waals surface area contributed by atoms with Crippen LogP contribution in [0.15, 0.2) is 96.1 Å². The molecule has 0 saturated carbocycles. The molecule has 0 saturated heterocycles. The van der Waals surface area contributed by atoms with Crippen LogP contribution in [0.3, 0.4) is 0 Å². The van der Waals surface area contributed by atoms with Gasteiger partial charge in [0.1, 0.15) is 0 Å². The first-order valence-corrected chi connectivity index (χ1v) is 12.2. The minimum atomic E-state index is -1.07. The number of nitrogens with zero attached hydrogens (tertiary/aromatic N) is 2. The molecular weight excluding hydrogens is 496 g/mol. The van der Waals surface area contributed by atoms with E-state index in [9.17, 15) is 19.5 Å². The maximum absolute atomic E-state index is 13.6. The summed E-state index contributed by atoms with van der Waals surface area (Å²) in [5.74, 6) is -2.70. The number of rotatable bonds is 8. The summed E-state index contributed by atoms with van der Waals surface area (Å²) in [6.07, 6.45) is 2.83. The third kappa shape index (κ3) is 5.24. The van der Waals surface area contributed by atoms with Gasteiger partial charge in [0.25, 0.3) is 11.5 Å². The van der Waals surface area contributed by atoms with Crippen LogP contribution in [0, 0.1) is 0 Å². The Morgan fingerprint density at radius 3 is 2.21 bits per heavy atom. The van der Waals surface area contributed by atoms with Crippen LogP contribution in [-0.2, 0) is 4.79 Å². The Morgan fingerprint density at radius 1 is 0.949 bits per heavy atom. The molecule has 3 heterocycles. The fourth-order valence-corrected chi connectivity index (χ4v) is 4.56. The number of carboxylic acids is 1. The second-order valence-corrected chi connectivity index (χ2v) is 8.90. The van der Waals surface area contributed by atoms with Crippen LogP contribution in [0.4, 0.5) is 0 Å². The molecule has 5 rings (SSSR count). The first-order chi connectivity index (χ1) is 18.9. The van der Waals surface area contributed by atoms with Crippen LogP contribution in [0.25, 0.3) is 22.2 Å². The lowest BCUT2D eigenvalue weighted by Gasteiger charge is -2.19. The fraction of sp³-hybridized carbons (Fsp3) is 0.100. The van der Waals surface area contributed by atoms with Crippen molar-refractivity contribution >= 4 is 22.8 Å². The van der Waals surface area contributed by atoms with Crippen molar-refractivity contribution in [1.29, 1.82) is 0 Å². The highest BCUT2D eigenvalue weighted by atomic mass is 16.4. The molecule has 3 aromatic heterocycles. The second-order valence-electron chi connectivity index (χ2n) is 8.90. The van der Waals surface area contributed by atoms with Crippen LogP contribution in [-0.4, -0.2) is 43.6 Å². The summed E-state index contributed by atoms with van der Waals surface area (Å²) in [6, 6.07) is 24.1. The van der Waals surface area contributed by atoms with E-state index in [2.05, 4.69) is 20.3 Å². The summed E-state index contributed by atoms with van der Waals surface area (Å²) in [4.78, 5) is 48.9. The number of aliphatic carboxylic acids is 1. The Kier molecular flexibility index (Phi) is 7.13. The molecule has 2 aromatic carbocycles. The maximum Gasteiger partial charge on any atom is 0.305 e. The Morgan fingerprint density at radius 2 is 1.62 bits per heavy atom. The number of carboxylic acid groups (broad SMARTS) is 1. The number of nitrogens with one attached hydrogen (secondary N) is 2. The van der Waals surface area contributed by atoms with Gasteiger partial charge < -0.3 is 20.5 Å². The van der Waals surface area contributed by atoms with Gasteiger partial charge in [-0.1, -0.05) is 60.7 Å². The minimum absolute atomic E-state index is 0.142. The maximum atomic E-state index is 13.6. The van der Waals surface area contributed by atoms with E-state index in [1.165, 1.54) is 6.20 Å². The molecule has 0 radical (unpaired) electrons. The number of carbonyl (C=O) groups is 2. The number of hydrogen-bond donors (Lipinski definition) is 4. The summed E-state index contributed by atoms with van der Waals surface area (Å²) in [5.41, 5.74) is 2.48. The van der Waals surface area contributed by atoms with E-state index < -0.39 is 23.5 Å². The van der Waals surface area contributed by atoms with Crippen molar-refractivity contribution in [2.75, 3.05) is 6.54 Å². The third-order valence-corrected chi connectivity index (χ3v) is 6.36. The lowest BCUT2D eigenvalue weighted by Crippen LogP contribution is -2.27. The predicted molar refractivity (Wildman–Crippen MR) is 146 cm³/mol. The molecule has 9 nitrogen and oxygen atoms in total. The molecule has 0 aliphatic carbocycles. The first kappa shape index (κ1) is 25.3. The molecule has 0 aliphatic heterocycles. The van der Waals surface area contributed by atoms with E-state index in [4.69, 9.17) is 5.11 Å². The summed E-state index contributed by atoms with van der Waals surface area (Å²) >= 11 is 0. The molecule has 39 heavy (non-hydrogen) atoms. The van der Waals surface area contributed by atoms with Gasteiger partial charge >= 0.3 is 5.97 Å². The van der Waals surface area contributed by atoms with Crippen molar-refractivity contribution < 1.29 is 19.8 Å². The molecule has 5 aromatic rings. The lowest BCUT2D eigenvalue weighted by atomic mass is 9.85.